The molecular formula is C15H21NO3. The lowest BCUT2D eigenvalue weighted by Gasteiger charge is -2.14. The smallest absolute Gasteiger partial charge is 0.164 e. The van der Waals surface area contributed by atoms with E-state index in [0.717, 1.165) is 30.5 Å². The first-order valence-corrected chi connectivity index (χ1v) is 6.65. The molecule has 0 aromatic heterocycles. The van der Waals surface area contributed by atoms with Crippen LogP contribution in [0.15, 0.2) is 12.1 Å². The van der Waals surface area contributed by atoms with Gasteiger partial charge in [0.05, 0.1) is 14.2 Å². The molecule has 0 aliphatic carbocycles. The highest BCUT2D eigenvalue weighted by atomic mass is 16.5. The molecule has 1 atom stereocenters. The van der Waals surface area contributed by atoms with Crippen molar-refractivity contribution in [3.8, 4) is 11.5 Å². The predicted octanol–water partition coefficient (Wildman–Crippen LogP) is 2.34. The summed E-state index contributed by atoms with van der Waals surface area (Å²) < 4.78 is 10.5. The van der Waals surface area contributed by atoms with Gasteiger partial charge in [-0.2, -0.15) is 0 Å². The third-order valence-electron chi connectivity index (χ3n) is 3.63. The molecule has 1 aromatic rings. The zero-order valence-corrected chi connectivity index (χ0v) is 11.8. The number of aryl methyl sites for hydroxylation is 1. The number of ether oxygens (including phenoxy) is 2. The Kier molecular flexibility index (Phi) is 4.43. The van der Waals surface area contributed by atoms with Crippen molar-refractivity contribution in [3.63, 3.8) is 0 Å². The van der Waals surface area contributed by atoms with E-state index in [2.05, 4.69) is 5.32 Å². The van der Waals surface area contributed by atoms with E-state index in [-0.39, 0.29) is 5.78 Å². The van der Waals surface area contributed by atoms with Crippen molar-refractivity contribution in [2.45, 2.75) is 32.2 Å². The van der Waals surface area contributed by atoms with Gasteiger partial charge in [0, 0.05) is 18.0 Å². The van der Waals surface area contributed by atoms with Crippen LogP contribution in [0.25, 0.3) is 0 Å². The van der Waals surface area contributed by atoms with Gasteiger partial charge < -0.3 is 14.8 Å². The number of ketones is 1. The molecule has 0 radical (unpaired) electrons. The highest BCUT2D eigenvalue weighted by molar-refractivity contribution is 5.98. The summed E-state index contributed by atoms with van der Waals surface area (Å²) >= 11 is 0. The summed E-state index contributed by atoms with van der Waals surface area (Å²) in [7, 11) is 3.18. The lowest BCUT2D eigenvalue weighted by molar-refractivity contribution is 0.0970. The van der Waals surface area contributed by atoms with Crippen molar-refractivity contribution in [1.29, 1.82) is 0 Å². The molecule has 2 rings (SSSR count). The van der Waals surface area contributed by atoms with E-state index < -0.39 is 0 Å². The van der Waals surface area contributed by atoms with Gasteiger partial charge in [0.2, 0.25) is 0 Å². The molecule has 1 aliphatic rings. The van der Waals surface area contributed by atoms with E-state index in [0.29, 0.717) is 24.0 Å². The lowest BCUT2D eigenvalue weighted by atomic mass is 9.98. The zero-order chi connectivity index (χ0) is 13.8. The fourth-order valence-electron chi connectivity index (χ4n) is 2.55. The van der Waals surface area contributed by atoms with Gasteiger partial charge in [0.1, 0.15) is 0 Å². The molecule has 1 aliphatic heterocycles. The van der Waals surface area contributed by atoms with E-state index in [4.69, 9.17) is 9.47 Å². The largest absolute Gasteiger partial charge is 0.493 e. The molecule has 4 nitrogen and oxygen atoms in total. The number of hydrogen-bond acceptors (Lipinski definition) is 4. The van der Waals surface area contributed by atoms with Crippen LogP contribution in [0.4, 0.5) is 0 Å². The van der Waals surface area contributed by atoms with Crippen LogP contribution in [0.3, 0.4) is 0 Å². The second kappa shape index (κ2) is 6.06. The van der Waals surface area contributed by atoms with Crippen molar-refractivity contribution >= 4 is 5.78 Å². The Balaban J connectivity index is 2.20. The molecule has 104 valence electrons. The Morgan fingerprint density at radius 3 is 2.58 bits per heavy atom. The molecule has 0 bridgehead atoms. The third kappa shape index (κ3) is 3.07. The second-order valence-electron chi connectivity index (χ2n) is 4.94. The first kappa shape index (κ1) is 13.9. The number of benzene rings is 1. The van der Waals surface area contributed by atoms with Gasteiger partial charge in [-0.25, -0.2) is 0 Å². The maximum absolute atomic E-state index is 12.4. The molecule has 4 heteroatoms. The van der Waals surface area contributed by atoms with Gasteiger partial charge >= 0.3 is 0 Å². The summed E-state index contributed by atoms with van der Waals surface area (Å²) in [5.41, 5.74) is 1.66. The van der Waals surface area contributed by atoms with Crippen molar-refractivity contribution in [1.82, 2.24) is 5.32 Å². The molecule has 1 heterocycles. The number of nitrogens with one attached hydrogen (secondary N) is 1. The zero-order valence-electron chi connectivity index (χ0n) is 11.8. The first-order chi connectivity index (χ1) is 9.15. The van der Waals surface area contributed by atoms with E-state index in [1.165, 1.54) is 0 Å². The molecule has 1 fully saturated rings. The van der Waals surface area contributed by atoms with Gasteiger partial charge in [-0.3, -0.25) is 4.79 Å². The third-order valence-corrected chi connectivity index (χ3v) is 3.63. The van der Waals surface area contributed by atoms with Gasteiger partial charge in [-0.1, -0.05) is 0 Å². The van der Waals surface area contributed by atoms with Gasteiger partial charge in [-0.15, -0.1) is 0 Å². The topological polar surface area (TPSA) is 47.6 Å². The SMILES string of the molecule is COc1cc(C)c(C(=O)CC2CCCN2)cc1OC. The maximum Gasteiger partial charge on any atom is 0.164 e. The minimum atomic E-state index is 0.165. The van der Waals surface area contributed by atoms with Crippen LogP contribution in [0, 0.1) is 6.92 Å². The van der Waals surface area contributed by atoms with Crippen LogP contribution >= 0.6 is 0 Å². The molecule has 0 amide bonds. The van der Waals surface area contributed by atoms with E-state index in [1.54, 1.807) is 20.3 Å². The summed E-state index contributed by atoms with van der Waals surface area (Å²) in [6.45, 7) is 2.94. The number of carbonyl (C=O) groups excluding carboxylic acids is 1. The molecule has 1 saturated heterocycles. The van der Waals surface area contributed by atoms with Crippen LogP contribution < -0.4 is 14.8 Å². The summed E-state index contributed by atoms with van der Waals surface area (Å²) in [5.74, 6) is 1.43. The summed E-state index contributed by atoms with van der Waals surface area (Å²) in [6, 6.07) is 3.96. The fraction of sp³-hybridized carbons (Fsp3) is 0.533. The molecule has 19 heavy (non-hydrogen) atoms. The van der Waals surface area contributed by atoms with Crippen LogP contribution in [0.5, 0.6) is 11.5 Å². The van der Waals surface area contributed by atoms with Crippen molar-refractivity contribution in [3.05, 3.63) is 23.3 Å². The van der Waals surface area contributed by atoms with Crippen LogP contribution in [-0.4, -0.2) is 32.6 Å². The summed E-state index contributed by atoms with van der Waals surface area (Å²) in [5, 5.41) is 3.35. The fourth-order valence-corrected chi connectivity index (χ4v) is 2.55. The Morgan fingerprint density at radius 2 is 2.00 bits per heavy atom. The number of methoxy groups -OCH3 is 2. The summed E-state index contributed by atoms with van der Waals surface area (Å²) in [4.78, 5) is 12.4. The molecule has 1 unspecified atom stereocenters. The minimum Gasteiger partial charge on any atom is -0.493 e. The number of Topliss-reactive ketones (excluding diaryl/α,β-unsaturated/α-hetero) is 1. The first-order valence-electron chi connectivity index (χ1n) is 6.65. The van der Waals surface area contributed by atoms with Gasteiger partial charge in [0.15, 0.2) is 17.3 Å². The van der Waals surface area contributed by atoms with Gasteiger partial charge in [0.25, 0.3) is 0 Å². The van der Waals surface area contributed by atoms with Crippen molar-refractivity contribution in [2.75, 3.05) is 20.8 Å². The predicted molar refractivity (Wildman–Crippen MR) is 74.3 cm³/mol. The molecule has 1 N–H and O–H groups in total. The average molecular weight is 263 g/mol. The Morgan fingerprint density at radius 1 is 1.32 bits per heavy atom. The van der Waals surface area contributed by atoms with E-state index in [1.807, 2.05) is 13.0 Å². The highest BCUT2D eigenvalue weighted by Gasteiger charge is 2.21. The number of carbonyl (C=O) groups is 1. The Labute approximate surface area is 114 Å². The Hall–Kier alpha value is -1.55. The molecule has 1 aromatic carbocycles. The van der Waals surface area contributed by atoms with Crippen molar-refractivity contribution < 1.29 is 14.3 Å². The molecule has 0 saturated carbocycles. The standard InChI is InChI=1S/C15H21NO3/c1-10-7-14(18-2)15(19-3)9-12(10)13(17)8-11-5-4-6-16-11/h7,9,11,16H,4-6,8H2,1-3H3. The van der Waals surface area contributed by atoms with Crippen LogP contribution in [0.1, 0.15) is 35.2 Å². The number of hydrogen-bond donors (Lipinski definition) is 1. The quantitative estimate of drug-likeness (QED) is 0.828. The van der Waals surface area contributed by atoms with Crippen molar-refractivity contribution in [2.24, 2.45) is 0 Å². The van der Waals surface area contributed by atoms with Gasteiger partial charge in [-0.05, 0) is 44.0 Å². The Bertz CT molecular complexity index is 465. The average Bonchev–Trinajstić information content (AvgIpc) is 2.90. The monoisotopic (exact) mass is 263 g/mol. The maximum atomic E-state index is 12.4. The molecular weight excluding hydrogens is 242 g/mol. The summed E-state index contributed by atoms with van der Waals surface area (Å²) in [6.07, 6.45) is 2.79. The normalized spacial score (nSPS) is 18.4. The minimum absolute atomic E-state index is 0.165. The second-order valence-corrected chi connectivity index (χ2v) is 4.94. The van der Waals surface area contributed by atoms with Crippen LogP contribution in [0.2, 0.25) is 0 Å². The molecule has 0 spiro atoms. The lowest BCUT2D eigenvalue weighted by Crippen LogP contribution is -2.24. The van der Waals surface area contributed by atoms with E-state index in [9.17, 15) is 4.79 Å². The number of rotatable bonds is 5. The van der Waals surface area contributed by atoms with Crippen LogP contribution in [-0.2, 0) is 0 Å². The van der Waals surface area contributed by atoms with E-state index >= 15 is 0 Å². The highest BCUT2D eigenvalue weighted by Crippen LogP contribution is 2.31.